The van der Waals surface area contributed by atoms with Gasteiger partial charge in [0.1, 0.15) is 0 Å². The molecule has 0 bridgehead atoms. The van der Waals surface area contributed by atoms with E-state index in [4.69, 9.17) is 12.2 Å². The summed E-state index contributed by atoms with van der Waals surface area (Å²) in [5, 5.41) is 3.14. The smallest absolute Gasteiger partial charge is 0.189 e. The Hall–Kier alpha value is -1.26. The van der Waals surface area contributed by atoms with Crippen molar-refractivity contribution in [3.05, 3.63) is 35.9 Å². The number of rotatable bonds is 5. The average molecular weight is 440 g/mol. The largest absolute Gasteiger partial charge is 0.370 e. The first-order valence-electron chi connectivity index (χ1n) is 8.40. The maximum Gasteiger partial charge on any atom is 0.189 e. The molecule has 24 heavy (non-hydrogen) atoms. The summed E-state index contributed by atoms with van der Waals surface area (Å²) in [7, 11) is 0. The molecule has 5 heteroatoms. The molecule has 1 aromatic rings. The highest BCUT2D eigenvalue weighted by atomic mass is 127. The second-order valence-corrected chi connectivity index (χ2v) is 6.54. The Morgan fingerprint density at radius 1 is 1.33 bits per heavy atom. The second kappa shape index (κ2) is 10.6. The van der Waals surface area contributed by atoms with Crippen LogP contribution in [0, 0.1) is 18.3 Å². The normalized spacial score (nSPS) is 17.8. The van der Waals surface area contributed by atoms with Gasteiger partial charge < -0.3 is 11.1 Å². The predicted molar refractivity (Wildman–Crippen MR) is 112 cm³/mol. The number of terminal acetylenes is 1. The zero-order valence-corrected chi connectivity index (χ0v) is 16.9. The van der Waals surface area contributed by atoms with E-state index in [0.717, 1.165) is 32.5 Å². The second-order valence-electron chi connectivity index (χ2n) is 6.54. The van der Waals surface area contributed by atoms with Crippen molar-refractivity contribution < 1.29 is 0 Å². The first-order valence-corrected chi connectivity index (χ1v) is 8.40. The molecule has 0 aromatic heterocycles. The number of nitrogens with one attached hydrogen (secondary N) is 1. The lowest BCUT2D eigenvalue weighted by molar-refractivity contribution is 0.206. The van der Waals surface area contributed by atoms with Gasteiger partial charge in [0.25, 0.3) is 0 Å². The van der Waals surface area contributed by atoms with E-state index in [-0.39, 0.29) is 30.0 Å². The molecule has 0 spiro atoms. The van der Waals surface area contributed by atoms with Crippen molar-refractivity contribution in [2.24, 2.45) is 16.6 Å². The molecule has 1 unspecified atom stereocenters. The Bertz CT molecular complexity index is 542. The van der Waals surface area contributed by atoms with E-state index in [1.165, 1.54) is 5.56 Å². The fraction of sp³-hybridized carbons (Fsp3) is 0.526. The number of piperidine rings is 1. The minimum atomic E-state index is -0.0584. The van der Waals surface area contributed by atoms with Crippen molar-refractivity contribution in [3.63, 3.8) is 0 Å². The molecule has 3 N–H and O–H groups in total. The fourth-order valence-electron chi connectivity index (χ4n) is 2.84. The van der Waals surface area contributed by atoms with Crippen LogP contribution in [0.1, 0.15) is 32.3 Å². The summed E-state index contributed by atoms with van der Waals surface area (Å²) < 4.78 is 0. The van der Waals surface area contributed by atoms with Crippen LogP contribution in [0.2, 0.25) is 0 Å². The SMILES string of the molecule is C#CC(NC(N)=NC1CCN(Cc2ccccc2)CC1)C(C)C.I. The number of likely N-dealkylation sites (tertiary alicyclic amines) is 1. The molecule has 0 amide bonds. The summed E-state index contributed by atoms with van der Waals surface area (Å²) in [6, 6.07) is 10.8. The standard InChI is InChI=1S/C19H28N4.HI/c1-4-18(15(2)3)22-19(20)21-17-10-12-23(13-11-17)14-16-8-6-5-7-9-16;/h1,5-9,15,17-18H,10-14H2,2-3H3,(H3,20,21,22);1H. The number of guanidine groups is 1. The van der Waals surface area contributed by atoms with Crippen molar-refractivity contribution in [3.8, 4) is 12.3 Å². The monoisotopic (exact) mass is 440 g/mol. The molecule has 0 saturated carbocycles. The number of hydrogen-bond donors (Lipinski definition) is 2. The molecule has 1 aromatic carbocycles. The van der Waals surface area contributed by atoms with Gasteiger partial charge in [-0.1, -0.05) is 50.1 Å². The number of halogens is 1. The lowest BCUT2D eigenvalue weighted by Crippen LogP contribution is -2.43. The van der Waals surface area contributed by atoms with Crippen LogP contribution in [0.25, 0.3) is 0 Å². The van der Waals surface area contributed by atoms with E-state index < -0.39 is 0 Å². The highest BCUT2D eigenvalue weighted by Crippen LogP contribution is 2.16. The topological polar surface area (TPSA) is 53.6 Å². The zero-order valence-electron chi connectivity index (χ0n) is 14.6. The molecule has 1 atom stereocenters. The first kappa shape index (κ1) is 20.8. The highest BCUT2D eigenvalue weighted by Gasteiger charge is 2.19. The van der Waals surface area contributed by atoms with E-state index in [9.17, 15) is 0 Å². The van der Waals surface area contributed by atoms with Gasteiger partial charge in [-0.2, -0.15) is 0 Å². The Kier molecular flexibility index (Phi) is 9.16. The van der Waals surface area contributed by atoms with Crippen molar-refractivity contribution >= 4 is 29.9 Å². The number of nitrogens with two attached hydrogens (primary N) is 1. The Morgan fingerprint density at radius 3 is 2.50 bits per heavy atom. The van der Waals surface area contributed by atoms with E-state index in [2.05, 4.69) is 65.3 Å². The molecule has 1 saturated heterocycles. The van der Waals surface area contributed by atoms with E-state index >= 15 is 0 Å². The third kappa shape index (κ3) is 6.70. The van der Waals surface area contributed by atoms with E-state index in [1.807, 2.05) is 0 Å². The van der Waals surface area contributed by atoms with Gasteiger partial charge in [-0.3, -0.25) is 9.89 Å². The molecular formula is C19H29IN4. The molecule has 1 fully saturated rings. The van der Waals surface area contributed by atoms with Crippen LogP contribution in [0.15, 0.2) is 35.3 Å². The van der Waals surface area contributed by atoms with Gasteiger partial charge >= 0.3 is 0 Å². The first-order chi connectivity index (χ1) is 11.1. The molecule has 4 nitrogen and oxygen atoms in total. The number of aliphatic imine (C=N–C) groups is 1. The third-order valence-corrected chi connectivity index (χ3v) is 4.28. The summed E-state index contributed by atoms with van der Waals surface area (Å²) in [6.45, 7) is 7.27. The van der Waals surface area contributed by atoms with Gasteiger partial charge in [0, 0.05) is 19.6 Å². The molecule has 0 aliphatic carbocycles. The van der Waals surface area contributed by atoms with Gasteiger partial charge in [-0.05, 0) is 24.3 Å². The van der Waals surface area contributed by atoms with Gasteiger partial charge in [0.15, 0.2) is 5.96 Å². The summed E-state index contributed by atoms with van der Waals surface area (Å²) >= 11 is 0. The Balaban J connectivity index is 0.00000288. The molecule has 1 aliphatic rings. The van der Waals surface area contributed by atoms with Gasteiger partial charge in [0.05, 0.1) is 12.1 Å². The van der Waals surface area contributed by atoms with E-state index in [1.54, 1.807) is 0 Å². The summed E-state index contributed by atoms with van der Waals surface area (Å²) in [4.78, 5) is 7.08. The molecule has 1 heterocycles. The Labute approximate surface area is 163 Å². The molecule has 132 valence electrons. The lowest BCUT2D eigenvalue weighted by Gasteiger charge is -2.30. The van der Waals surface area contributed by atoms with Crippen LogP contribution < -0.4 is 11.1 Å². The molecule has 1 aliphatic heterocycles. The van der Waals surface area contributed by atoms with Crippen LogP contribution in [0.4, 0.5) is 0 Å². The van der Waals surface area contributed by atoms with Crippen molar-refractivity contribution in [1.82, 2.24) is 10.2 Å². The summed E-state index contributed by atoms with van der Waals surface area (Å²) in [6.07, 6.45) is 7.60. The van der Waals surface area contributed by atoms with Gasteiger partial charge in [0.2, 0.25) is 0 Å². The predicted octanol–water partition coefficient (Wildman–Crippen LogP) is 2.83. The molecule has 0 radical (unpaired) electrons. The highest BCUT2D eigenvalue weighted by molar-refractivity contribution is 14.0. The van der Waals surface area contributed by atoms with Crippen LogP contribution in [0.3, 0.4) is 0 Å². The summed E-state index contributed by atoms with van der Waals surface area (Å²) in [5.74, 6) is 3.53. The summed E-state index contributed by atoms with van der Waals surface area (Å²) in [5.41, 5.74) is 7.37. The maximum atomic E-state index is 6.01. The van der Waals surface area contributed by atoms with Crippen molar-refractivity contribution in [2.75, 3.05) is 13.1 Å². The van der Waals surface area contributed by atoms with Crippen LogP contribution in [-0.2, 0) is 6.54 Å². The van der Waals surface area contributed by atoms with Crippen molar-refractivity contribution in [2.45, 2.75) is 45.3 Å². The zero-order chi connectivity index (χ0) is 16.7. The fourth-order valence-corrected chi connectivity index (χ4v) is 2.84. The number of nitrogens with zero attached hydrogens (tertiary/aromatic N) is 2. The minimum Gasteiger partial charge on any atom is -0.370 e. The number of benzene rings is 1. The maximum absolute atomic E-state index is 6.01. The van der Waals surface area contributed by atoms with Gasteiger partial charge in [-0.25, -0.2) is 0 Å². The third-order valence-electron chi connectivity index (χ3n) is 4.28. The van der Waals surface area contributed by atoms with E-state index in [0.29, 0.717) is 17.9 Å². The van der Waals surface area contributed by atoms with Crippen LogP contribution in [0.5, 0.6) is 0 Å². The quantitative estimate of drug-likeness (QED) is 0.321. The molecular weight excluding hydrogens is 411 g/mol. The van der Waals surface area contributed by atoms with Crippen LogP contribution in [-0.4, -0.2) is 36.0 Å². The average Bonchev–Trinajstić information content (AvgIpc) is 2.55. The minimum absolute atomic E-state index is 0. The molecule has 2 rings (SSSR count). The Morgan fingerprint density at radius 2 is 1.96 bits per heavy atom. The van der Waals surface area contributed by atoms with Crippen LogP contribution >= 0.6 is 24.0 Å². The van der Waals surface area contributed by atoms with Crippen molar-refractivity contribution in [1.29, 1.82) is 0 Å². The number of hydrogen-bond acceptors (Lipinski definition) is 2. The van der Waals surface area contributed by atoms with Gasteiger partial charge in [-0.15, -0.1) is 30.4 Å². The lowest BCUT2D eigenvalue weighted by atomic mass is 10.0.